The van der Waals surface area contributed by atoms with Crippen LogP contribution in [0, 0.1) is 11.8 Å². The molecule has 1 rings (SSSR count). The Balaban J connectivity index is 2.24. The maximum absolute atomic E-state index is 10.9. The molecule has 0 radical (unpaired) electrons. The first-order chi connectivity index (χ1) is 7.92. The summed E-state index contributed by atoms with van der Waals surface area (Å²) in [6.45, 7) is 3.74. The molecule has 0 aromatic carbocycles. The van der Waals surface area contributed by atoms with Crippen LogP contribution in [0.3, 0.4) is 0 Å². The van der Waals surface area contributed by atoms with Crippen LogP contribution >= 0.6 is 0 Å². The topological polar surface area (TPSA) is 63.3 Å². The molecule has 0 saturated heterocycles. The van der Waals surface area contributed by atoms with Crippen LogP contribution in [0.1, 0.15) is 65.2 Å². The molecule has 3 heteroatoms. The number of rotatable bonds is 6. The fourth-order valence-electron chi connectivity index (χ4n) is 2.91. The van der Waals surface area contributed by atoms with Crippen molar-refractivity contribution < 1.29 is 9.90 Å². The molecule has 1 aliphatic rings. The van der Waals surface area contributed by atoms with Gasteiger partial charge in [-0.15, -0.1) is 0 Å². The predicted octanol–water partition coefficient (Wildman–Crippen LogP) is 3.18. The van der Waals surface area contributed by atoms with Gasteiger partial charge in [0.2, 0.25) is 0 Å². The van der Waals surface area contributed by atoms with Crippen LogP contribution in [-0.2, 0) is 4.79 Å². The summed E-state index contributed by atoms with van der Waals surface area (Å²) in [7, 11) is 0. The van der Waals surface area contributed by atoms with Crippen molar-refractivity contribution in [3.63, 3.8) is 0 Å². The summed E-state index contributed by atoms with van der Waals surface area (Å²) in [4.78, 5) is 10.9. The molecule has 0 unspecified atom stereocenters. The zero-order valence-corrected chi connectivity index (χ0v) is 11.2. The molecular weight excluding hydrogens is 214 g/mol. The minimum atomic E-state index is -1.06. The van der Waals surface area contributed by atoms with Gasteiger partial charge in [-0.1, -0.05) is 51.9 Å². The molecule has 2 atom stereocenters. The van der Waals surface area contributed by atoms with Crippen LogP contribution in [0.4, 0.5) is 0 Å². The fourth-order valence-corrected chi connectivity index (χ4v) is 2.91. The summed E-state index contributed by atoms with van der Waals surface area (Å²) in [6.07, 6.45) is 9.82. The number of nitrogens with two attached hydrogens (primary N) is 1. The van der Waals surface area contributed by atoms with Gasteiger partial charge < -0.3 is 10.8 Å². The van der Waals surface area contributed by atoms with E-state index in [-0.39, 0.29) is 0 Å². The maximum atomic E-state index is 10.9. The first kappa shape index (κ1) is 14.5. The Kier molecular flexibility index (Phi) is 5.44. The zero-order valence-electron chi connectivity index (χ0n) is 11.2. The van der Waals surface area contributed by atoms with Crippen LogP contribution in [0.5, 0.6) is 0 Å². The van der Waals surface area contributed by atoms with E-state index in [1.165, 1.54) is 38.5 Å². The lowest BCUT2D eigenvalue weighted by atomic mass is 9.82. The largest absolute Gasteiger partial charge is 0.480 e. The first-order valence-electron chi connectivity index (χ1n) is 6.94. The zero-order chi connectivity index (χ0) is 12.9. The highest BCUT2D eigenvalue weighted by molar-refractivity contribution is 5.77. The predicted molar refractivity (Wildman–Crippen MR) is 69.8 cm³/mol. The number of carboxylic acid groups (broad SMARTS) is 1. The van der Waals surface area contributed by atoms with E-state index in [0.29, 0.717) is 12.3 Å². The Morgan fingerprint density at radius 2 is 2.00 bits per heavy atom. The van der Waals surface area contributed by atoms with Gasteiger partial charge in [0.15, 0.2) is 0 Å². The van der Waals surface area contributed by atoms with E-state index in [9.17, 15) is 4.79 Å². The number of carboxylic acids is 1. The average Bonchev–Trinajstić information content (AvgIpc) is 2.27. The number of carbonyl (C=O) groups is 1. The van der Waals surface area contributed by atoms with Crippen molar-refractivity contribution in [1.82, 2.24) is 0 Å². The van der Waals surface area contributed by atoms with Gasteiger partial charge in [-0.3, -0.25) is 4.79 Å². The molecule has 1 saturated carbocycles. The molecule has 0 aliphatic heterocycles. The summed E-state index contributed by atoms with van der Waals surface area (Å²) in [5.74, 6) is 0.394. The Bertz CT molecular complexity index is 245. The standard InChI is InChI=1S/C14H27NO2/c1-11(10-14(2,15)13(16)17)8-9-12-6-4-3-5-7-12/h11-12H,3-10,15H2,1-2H3,(H,16,17)/t11-,14+/m0/s1. The Morgan fingerprint density at radius 1 is 1.41 bits per heavy atom. The Labute approximate surface area is 105 Å². The van der Waals surface area contributed by atoms with Gasteiger partial charge in [0.25, 0.3) is 0 Å². The van der Waals surface area contributed by atoms with E-state index >= 15 is 0 Å². The third-order valence-corrected chi connectivity index (χ3v) is 4.05. The van der Waals surface area contributed by atoms with Gasteiger partial charge in [0, 0.05) is 0 Å². The monoisotopic (exact) mass is 241 g/mol. The lowest BCUT2D eigenvalue weighted by molar-refractivity contribution is -0.143. The van der Waals surface area contributed by atoms with Gasteiger partial charge in [-0.2, -0.15) is 0 Å². The van der Waals surface area contributed by atoms with E-state index in [0.717, 1.165) is 12.3 Å². The van der Waals surface area contributed by atoms with Gasteiger partial charge in [0.1, 0.15) is 5.54 Å². The van der Waals surface area contributed by atoms with Crippen molar-refractivity contribution in [2.24, 2.45) is 17.6 Å². The summed E-state index contributed by atoms with van der Waals surface area (Å²) in [5.41, 5.74) is 4.71. The number of aliphatic carboxylic acids is 1. The molecule has 0 amide bonds. The third kappa shape index (κ3) is 5.07. The van der Waals surface area contributed by atoms with Crippen molar-refractivity contribution in [2.75, 3.05) is 0 Å². The highest BCUT2D eigenvalue weighted by atomic mass is 16.4. The van der Waals surface area contributed by atoms with Crippen LogP contribution in [0.2, 0.25) is 0 Å². The van der Waals surface area contributed by atoms with Crippen molar-refractivity contribution in [1.29, 1.82) is 0 Å². The normalized spacial score (nSPS) is 23.0. The minimum Gasteiger partial charge on any atom is -0.480 e. The van der Waals surface area contributed by atoms with Gasteiger partial charge >= 0.3 is 5.97 Å². The summed E-state index contributed by atoms with van der Waals surface area (Å²) in [5, 5.41) is 8.98. The summed E-state index contributed by atoms with van der Waals surface area (Å²) >= 11 is 0. The van der Waals surface area contributed by atoms with Crippen LogP contribution in [-0.4, -0.2) is 16.6 Å². The molecule has 0 aromatic rings. The van der Waals surface area contributed by atoms with Crippen LogP contribution < -0.4 is 5.73 Å². The lowest BCUT2D eigenvalue weighted by Gasteiger charge is -2.26. The second kappa shape index (κ2) is 6.39. The highest BCUT2D eigenvalue weighted by Crippen LogP contribution is 2.30. The molecule has 0 spiro atoms. The van der Waals surface area contributed by atoms with Crippen molar-refractivity contribution in [3.8, 4) is 0 Å². The molecule has 3 N–H and O–H groups in total. The maximum Gasteiger partial charge on any atom is 0.323 e. The first-order valence-corrected chi connectivity index (χ1v) is 6.94. The van der Waals surface area contributed by atoms with Gasteiger partial charge in [0.05, 0.1) is 0 Å². The molecule has 17 heavy (non-hydrogen) atoms. The minimum absolute atomic E-state index is 0.406. The van der Waals surface area contributed by atoms with E-state index in [4.69, 9.17) is 10.8 Å². The van der Waals surface area contributed by atoms with E-state index in [1.54, 1.807) is 6.92 Å². The van der Waals surface area contributed by atoms with Gasteiger partial charge in [-0.05, 0) is 25.2 Å². The molecule has 1 fully saturated rings. The lowest BCUT2D eigenvalue weighted by Crippen LogP contribution is -2.46. The average molecular weight is 241 g/mol. The van der Waals surface area contributed by atoms with E-state index in [2.05, 4.69) is 6.92 Å². The number of hydrogen-bond acceptors (Lipinski definition) is 2. The second-order valence-corrected chi connectivity index (χ2v) is 6.11. The van der Waals surface area contributed by atoms with Crippen molar-refractivity contribution in [3.05, 3.63) is 0 Å². The van der Waals surface area contributed by atoms with Crippen LogP contribution in [0.15, 0.2) is 0 Å². The quantitative estimate of drug-likeness (QED) is 0.750. The number of hydrogen-bond donors (Lipinski definition) is 2. The second-order valence-electron chi connectivity index (χ2n) is 6.11. The van der Waals surface area contributed by atoms with Crippen LogP contribution in [0.25, 0.3) is 0 Å². The summed E-state index contributed by atoms with van der Waals surface area (Å²) in [6, 6.07) is 0. The molecule has 3 nitrogen and oxygen atoms in total. The molecule has 100 valence electrons. The summed E-state index contributed by atoms with van der Waals surface area (Å²) < 4.78 is 0. The molecular formula is C14H27NO2. The van der Waals surface area contributed by atoms with Gasteiger partial charge in [-0.25, -0.2) is 0 Å². The SMILES string of the molecule is C[C@@H](CCC1CCCCC1)C[C@@](C)(N)C(=O)O. The highest BCUT2D eigenvalue weighted by Gasteiger charge is 2.29. The van der Waals surface area contributed by atoms with Crippen molar-refractivity contribution >= 4 is 5.97 Å². The fraction of sp³-hybridized carbons (Fsp3) is 0.929. The molecule has 0 bridgehead atoms. The smallest absolute Gasteiger partial charge is 0.323 e. The molecule has 0 aromatic heterocycles. The van der Waals surface area contributed by atoms with E-state index in [1.807, 2.05) is 0 Å². The Hall–Kier alpha value is -0.570. The Morgan fingerprint density at radius 3 is 2.53 bits per heavy atom. The van der Waals surface area contributed by atoms with E-state index < -0.39 is 11.5 Å². The third-order valence-electron chi connectivity index (χ3n) is 4.05. The van der Waals surface area contributed by atoms with Crippen molar-refractivity contribution in [2.45, 2.75) is 70.8 Å². The molecule has 0 heterocycles. The molecule has 1 aliphatic carbocycles.